The van der Waals surface area contributed by atoms with E-state index in [0.29, 0.717) is 49.5 Å². The van der Waals surface area contributed by atoms with Gasteiger partial charge in [-0.15, -0.1) is 0 Å². The Morgan fingerprint density at radius 1 is 0.758 bits per heavy atom. The molecule has 62 heavy (non-hydrogen) atoms. The second-order valence-electron chi connectivity index (χ2n) is 16.2. The lowest BCUT2D eigenvalue weighted by molar-refractivity contribution is 0.0187. The molecule has 1 saturated carbocycles. The zero-order valence-electron chi connectivity index (χ0n) is 34.5. The molecule has 3 aliphatic rings. The van der Waals surface area contributed by atoms with Crippen LogP contribution in [0.5, 0.6) is 0 Å². The number of aliphatic hydroxyl groups is 2. The number of nitrogens with one attached hydrogen (secondary N) is 5. The van der Waals surface area contributed by atoms with Crippen molar-refractivity contribution < 1.29 is 24.6 Å². The lowest BCUT2D eigenvalue weighted by Crippen LogP contribution is -2.54. The highest BCUT2D eigenvalue weighted by molar-refractivity contribution is 5.94. The molecule has 5 heterocycles. The van der Waals surface area contributed by atoms with Gasteiger partial charge in [0.2, 0.25) is 5.82 Å². The standard InChI is InChI=1S/C44H55N13O5/c45-33-25-34(38(59)37(33)58)57-27-50-36-39(49-26-32(28-9-3-1-4-10-28)29-11-5-2-6-12-29)53-40(54-41(36)57)42(60)47-19-20-48-43(61)51-30-16-23-56(24-17-30)44(62)52-31-14-21-55(22-15-31)35-13-7-8-18-46-35/h1-13,18,27,30-34,37-38,58-59H,14-17,19-26,45H2,(H,47,60)(H,52,62)(H2,48,51,61)(H,49,53,54)/t33-,34+,37+,38-/m0/s1. The van der Waals surface area contributed by atoms with Crippen LogP contribution >= 0.6 is 0 Å². The molecule has 0 radical (unpaired) electrons. The number of piperidine rings is 2. The normalized spacial score (nSPS) is 20.9. The third kappa shape index (κ3) is 9.88. The van der Waals surface area contributed by atoms with E-state index in [1.165, 1.54) is 6.33 Å². The largest absolute Gasteiger partial charge is 0.389 e. The number of imidazole rings is 1. The molecule has 18 nitrogen and oxygen atoms in total. The monoisotopic (exact) mass is 845 g/mol. The number of benzene rings is 2. The number of rotatable bonds is 13. The number of pyridine rings is 1. The number of fused-ring (bicyclic) bond motifs is 1. The van der Waals surface area contributed by atoms with Gasteiger partial charge in [0.15, 0.2) is 11.5 Å². The van der Waals surface area contributed by atoms with Crippen LogP contribution in [0, 0.1) is 0 Å². The maximum Gasteiger partial charge on any atom is 0.317 e. The van der Waals surface area contributed by atoms with Crippen molar-refractivity contribution in [3.05, 3.63) is 108 Å². The number of nitrogens with two attached hydrogens (primary N) is 1. The van der Waals surface area contributed by atoms with Crippen molar-refractivity contribution in [2.24, 2.45) is 5.73 Å². The van der Waals surface area contributed by atoms with Crippen LogP contribution < -0.4 is 37.2 Å². The van der Waals surface area contributed by atoms with Crippen LogP contribution in [-0.4, -0.2) is 134 Å². The number of aromatic nitrogens is 5. The van der Waals surface area contributed by atoms with Gasteiger partial charge in [-0.3, -0.25) is 4.79 Å². The molecule has 18 heteroatoms. The number of amides is 5. The predicted octanol–water partition coefficient (Wildman–Crippen LogP) is 2.33. The molecule has 2 saturated heterocycles. The molecule has 0 bridgehead atoms. The van der Waals surface area contributed by atoms with Gasteiger partial charge in [0, 0.05) is 76.1 Å². The van der Waals surface area contributed by atoms with Gasteiger partial charge in [-0.1, -0.05) is 66.7 Å². The van der Waals surface area contributed by atoms with Crippen LogP contribution in [0.2, 0.25) is 0 Å². The smallest absolute Gasteiger partial charge is 0.317 e. The van der Waals surface area contributed by atoms with Gasteiger partial charge < -0.3 is 56.9 Å². The number of likely N-dealkylation sites (tertiary alicyclic amines) is 1. The van der Waals surface area contributed by atoms with Crippen LogP contribution in [-0.2, 0) is 0 Å². The maximum absolute atomic E-state index is 13.6. The molecule has 3 aromatic heterocycles. The molecule has 326 valence electrons. The summed E-state index contributed by atoms with van der Waals surface area (Å²) in [4.78, 5) is 61.8. The van der Waals surface area contributed by atoms with Crippen LogP contribution in [0.1, 0.15) is 65.8 Å². The van der Waals surface area contributed by atoms with Crippen molar-refractivity contribution in [2.75, 3.05) is 56.0 Å². The van der Waals surface area contributed by atoms with Crippen molar-refractivity contribution in [1.29, 1.82) is 0 Å². The predicted molar refractivity (Wildman–Crippen MR) is 234 cm³/mol. The minimum atomic E-state index is -1.16. The molecule has 1 aliphatic carbocycles. The number of urea groups is 2. The van der Waals surface area contributed by atoms with E-state index in [-0.39, 0.29) is 55.4 Å². The summed E-state index contributed by atoms with van der Waals surface area (Å²) in [5.74, 6) is 0.523. The molecule has 2 aliphatic heterocycles. The van der Waals surface area contributed by atoms with E-state index < -0.39 is 30.2 Å². The SMILES string of the molecule is N[C@H]1C[C@@H](n2cnc3c(NCC(c4ccccc4)c4ccccc4)nc(C(=O)NCCNC(=O)NC4CCN(C(=O)NC5CCN(c6ccccn6)CC5)CC4)nc32)[C@H](O)[C@@H]1O. The fourth-order valence-corrected chi connectivity index (χ4v) is 8.65. The van der Waals surface area contributed by atoms with Crippen molar-refractivity contribution in [1.82, 2.24) is 50.7 Å². The number of hydrogen-bond acceptors (Lipinski definition) is 12. The van der Waals surface area contributed by atoms with Crippen molar-refractivity contribution in [2.45, 2.75) is 74.4 Å². The van der Waals surface area contributed by atoms with Gasteiger partial charge in [-0.05, 0) is 55.4 Å². The first-order chi connectivity index (χ1) is 30.2. The summed E-state index contributed by atoms with van der Waals surface area (Å²) >= 11 is 0. The molecule has 9 N–H and O–H groups in total. The summed E-state index contributed by atoms with van der Waals surface area (Å²) in [5.41, 5.74) is 8.98. The number of anilines is 2. The van der Waals surface area contributed by atoms with E-state index in [0.717, 1.165) is 42.9 Å². The first kappa shape index (κ1) is 42.3. The van der Waals surface area contributed by atoms with Gasteiger partial charge in [-0.25, -0.2) is 29.5 Å². The second kappa shape index (κ2) is 19.6. The fraction of sp³-hybridized carbons (Fsp3) is 0.432. The average Bonchev–Trinajstić information content (AvgIpc) is 3.85. The Kier molecular flexibility index (Phi) is 13.4. The Morgan fingerprint density at radius 3 is 2.05 bits per heavy atom. The van der Waals surface area contributed by atoms with E-state index in [2.05, 4.69) is 75.7 Å². The van der Waals surface area contributed by atoms with E-state index in [1.807, 2.05) is 59.5 Å². The fourth-order valence-electron chi connectivity index (χ4n) is 8.65. The average molecular weight is 846 g/mol. The van der Waals surface area contributed by atoms with Gasteiger partial charge >= 0.3 is 12.1 Å². The Balaban J connectivity index is 0.840. The number of carbonyl (C=O) groups excluding carboxylic acids is 3. The summed E-state index contributed by atoms with van der Waals surface area (Å²) in [5, 5.41) is 36.6. The minimum Gasteiger partial charge on any atom is -0.389 e. The van der Waals surface area contributed by atoms with Crippen LogP contribution in [0.25, 0.3) is 11.2 Å². The highest BCUT2D eigenvalue weighted by atomic mass is 16.3. The quantitative estimate of drug-likeness (QED) is 0.0798. The first-order valence-corrected chi connectivity index (χ1v) is 21.5. The molecule has 4 atom stereocenters. The molecular formula is C44H55N13O5. The highest BCUT2D eigenvalue weighted by Gasteiger charge is 2.41. The number of hydrogen-bond donors (Lipinski definition) is 8. The van der Waals surface area contributed by atoms with Gasteiger partial charge in [0.25, 0.3) is 5.91 Å². The third-order valence-corrected chi connectivity index (χ3v) is 12.2. The summed E-state index contributed by atoms with van der Waals surface area (Å²) < 4.78 is 1.64. The van der Waals surface area contributed by atoms with Gasteiger partial charge in [0.1, 0.15) is 17.4 Å². The molecule has 0 unspecified atom stereocenters. The van der Waals surface area contributed by atoms with Crippen LogP contribution in [0.15, 0.2) is 91.4 Å². The Labute approximate surface area is 359 Å². The van der Waals surface area contributed by atoms with Crippen molar-refractivity contribution in [3.63, 3.8) is 0 Å². The minimum absolute atomic E-state index is 0.0618. The van der Waals surface area contributed by atoms with Gasteiger partial charge in [0.05, 0.1) is 18.5 Å². The number of carbonyl (C=O) groups is 3. The van der Waals surface area contributed by atoms with Crippen LogP contribution in [0.3, 0.4) is 0 Å². The first-order valence-electron chi connectivity index (χ1n) is 21.5. The maximum atomic E-state index is 13.6. The summed E-state index contributed by atoms with van der Waals surface area (Å²) in [7, 11) is 0. The highest BCUT2D eigenvalue weighted by Crippen LogP contribution is 2.34. The van der Waals surface area contributed by atoms with Gasteiger partial charge in [-0.2, -0.15) is 0 Å². The molecule has 3 fully saturated rings. The Hall–Kier alpha value is -6.37. The molecule has 5 amide bonds. The topological polar surface area (TPSA) is 241 Å². The summed E-state index contributed by atoms with van der Waals surface area (Å²) in [6.07, 6.45) is 4.27. The van der Waals surface area contributed by atoms with Crippen LogP contribution in [0.4, 0.5) is 21.2 Å². The molecule has 8 rings (SSSR count). The second-order valence-corrected chi connectivity index (χ2v) is 16.2. The van der Waals surface area contributed by atoms with Crippen molar-refractivity contribution >= 4 is 40.8 Å². The van der Waals surface area contributed by atoms with Crippen molar-refractivity contribution in [3.8, 4) is 0 Å². The third-order valence-electron chi connectivity index (χ3n) is 12.2. The van der Waals surface area contributed by atoms with E-state index in [9.17, 15) is 24.6 Å². The Bertz CT molecular complexity index is 2230. The number of nitrogens with zero attached hydrogens (tertiary/aromatic N) is 7. The lowest BCUT2D eigenvalue weighted by atomic mass is 9.91. The van der Waals surface area contributed by atoms with E-state index in [1.54, 1.807) is 10.8 Å². The van der Waals surface area contributed by atoms with E-state index in [4.69, 9.17) is 5.73 Å². The van der Waals surface area contributed by atoms with E-state index >= 15 is 0 Å². The lowest BCUT2D eigenvalue weighted by Gasteiger charge is -2.36. The zero-order chi connectivity index (χ0) is 43.0. The summed E-state index contributed by atoms with van der Waals surface area (Å²) in [6, 6.07) is 24.4. The molecule has 5 aromatic rings. The molecule has 2 aromatic carbocycles. The summed E-state index contributed by atoms with van der Waals surface area (Å²) in [6.45, 7) is 3.40. The Morgan fingerprint density at radius 2 is 1.40 bits per heavy atom. The molecule has 0 spiro atoms. The number of aliphatic hydroxyl groups excluding tert-OH is 2. The zero-order valence-corrected chi connectivity index (χ0v) is 34.5. The molecular weight excluding hydrogens is 791 g/mol.